The van der Waals surface area contributed by atoms with Gasteiger partial charge in [-0.1, -0.05) is 23.4 Å². The van der Waals surface area contributed by atoms with Gasteiger partial charge in [0.25, 0.3) is 0 Å². The molecule has 0 aromatic heterocycles. The fraction of sp³-hybridized carbons (Fsp3) is 0.100. The van der Waals surface area contributed by atoms with Gasteiger partial charge in [-0.2, -0.15) is 0 Å². The number of oxime groups is 1. The van der Waals surface area contributed by atoms with Crippen LogP contribution in [0.3, 0.4) is 0 Å². The largest absolute Gasteiger partial charge is 0.411 e. The summed E-state index contributed by atoms with van der Waals surface area (Å²) < 4.78 is 0. The van der Waals surface area contributed by atoms with Crippen LogP contribution in [0.1, 0.15) is 11.1 Å². The number of nitrogens with two attached hydrogens (primary N) is 1. The van der Waals surface area contributed by atoms with Gasteiger partial charge < -0.3 is 10.9 Å². The third-order valence-corrected chi connectivity index (χ3v) is 1.79. The summed E-state index contributed by atoms with van der Waals surface area (Å²) in [7, 11) is 0. The van der Waals surface area contributed by atoms with Crippen molar-refractivity contribution in [3.05, 3.63) is 42.0 Å². The molecule has 0 aliphatic heterocycles. The Labute approximate surface area is 77.2 Å². The van der Waals surface area contributed by atoms with E-state index in [1.807, 2.05) is 18.2 Å². The molecule has 0 saturated heterocycles. The number of hydrogen-bond donors (Lipinski definition) is 2. The molecule has 0 aliphatic rings. The molecule has 3 N–H and O–H groups in total. The molecule has 0 spiro atoms. The summed E-state index contributed by atoms with van der Waals surface area (Å²) in [6.07, 6.45) is 3.81. The zero-order valence-electron chi connectivity index (χ0n) is 7.27. The van der Waals surface area contributed by atoms with Crippen molar-refractivity contribution in [2.75, 3.05) is 5.73 Å². The molecule has 0 radical (unpaired) electrons. The van der Waals surface area contributed by atoms with Gasteiger partial charge >= 0.3 is 0 Å². The number of nitrogens with zero attached hydrogens (tertiary/aromatic N) is 1. The van der Waals surface area contributed by atoms with Crippen LogP contribution in [0.15, 0.2) is 36.0 Å². The van der Waals surface area contributed by atoms with Crippen LogP contribution in [-0.4, -0.2) is 11.4 Å². The minimum Gasteiger partial charge on any atom is -0.411 e. The van der Waals surface area contributed by atoms with Gasteiger partial charge in [-0.05, 0) is 18.1 Å². The molecule has 0 atom stereocenters. The minimum absolute atomic E-state index is 0.675. The summed E-state index contributed by atoms with van der Waals surface area (Å²) in [4.78, 5) is 0. The fourth-order valence-corrected chi connectivity index (χ4v) is 1.19. The number of rotatable bonds is 3. The predicted molar refractivity (Wildman–Crippen MR) is 54.1 cm³/mol. The molecule has 0 bridgehead atoms. The van der Waals surface area contributed by atoms with Crippen LogP contribution in [0.2, 0.25) is 0 Å². The molecule has 0 amide bonds. The number of hydrogen-bond acceptors (Lipinski definition) is 3. The summed E-state index contributed by atoms with van der Waals surface area (Å²) in [5.41, 5.74) is 8.20. The van der Waals surface area contributed by atoms with Gasteiger partial charge in [0.05, 0.1) is 6.21 Å². The number of anilines is 1. The van der Waals surface area contributed by atoms with E-state index in [-0.39, 0.29) is 0 Å². The quantitative estimate of drug-likeness (QED) is 0.242. The Hall–Kier alpha value is -1.77. The van der Waals surface area contributed by atoms with Crippen molar-refractivity contribution < 1.29 is 5.21 Å². The zero-order valence-corrected chi connectivity index (χ0v) is 7.27. The molecular weight excluding hydrogens is 164 g/mol. The van der Waals surface area contributed by atoms with Crippen molar-refractivity contribution in [2.45, 2.75) is 6.42 Å². The van der Waals surface area contributed by atoms with Gasteiger partial charge in [0.15, 0.2) is 0 Å². The second kappa shape index (κ2) is 4.30. The van der Waals surface area contributed by atoms with Crippen LogP contribution in [0.5, 0.6) is 0 Å². The van der Waals surface area contributed by atoms with Gasteiger partial charge in [0, 0.05) is 11.3 Å². The monoisotopic (exact) mass is 176 g/mol. The van der Waals surface area contributed by atoms with E-state index in [1.54, 1.807) is 6.08 Å². The zero-order chi connectivity index (χ0) is 9.68. The Kier molecular flexibility index (Phi) is 3.09. The third kappa shape index (κ3) is 2.08. The van der Waals surface area contributed by atoms with Crippen molar-refractivity contribution in [1.82, 2.24) is 0 Å². The van der Waals surface area contributed by atoms with E-state index in [1.165, 1.54) is 6.21 Å². The third-order valence-electron chi connectivity index (χ3n) is 1.79. The molecule has 68 valence electrons. The van der Waals surface area contributed by atoms with E-state index in [9.17, 15) is 0 Å². The van der Waals surface area contributed by atoms with Crippen molar-refractivity contribution in [3.8, 4) is 0 Å². The highest BCUT2D eigenvalue weighted by molar-refractivity contribution is 5.83. The second-order valence-corrected chi connectivity index (χ2v) is 2.65. The maximum atomic E-state index is 8.41. The highest BCUT2D eigenvalue weighted by Crippen LogP contribution is 2.16. The van der Waals surface area contributed by atoms with Crippen molar-refractivity contribution in [1.29, 1.82) is 0 Å². The molecular formula is C10H12N2O. The molecule has 0 heterocycles. The lowest BCUT2D eigenvalue weighted by molar-refractivity contribution is 0.322. The Morgan fingerprint density at radius 2 is 2.31 bits per heavy atom. The van der Waals surface area contributed by atoms with E-state index in [0.717, 1.165) is 11.1 Å². The fourth-order valence-electron chi connectivity index (χ4n) is 1.19. The first-order chi connectivity index (χ1) is 6.29. The molecule has 13 heavy (non-hydrogen) atoms. The van der Waals surface area contributed by atoms with E-state index in [0.29, 0.717) is 12.1 Å². The predicted octanol–water partition coefficient (Wildman–Crippen LogP) is 1.81. The average molecular weight is 176 g/mol. The van der Waals surface area contributed by atoms with Crippen molar-refractivity contribution in [3.63, 3.8) is 0 Å². The molecule has 0 fully saturated rings. The molecule has 1 aromatic carbocycles. The molecule has 1 aromatic rings. The summed E-state index contributed by atoms with van der Waals surface area (Å²) in [5, 5.41) is 11.4. The van der Waals surface area contributed by atoms with Crippen LogP contribution in [0, 0.1) is 0 Å². The lowest BCUT2D eigenvalue weighted by Gasteiger charge is -2.05. The lowest BCUT2D eigenvalue weighted by Crippen LogP contribution is -1.98. The second-order valence-electron chi connectivity index (χ2n) is 2.65. The SMILES string of the molecule is C=CCc1c(N)cccc1C=NO. The highest BCUT2D eigenvalue weighted by atomic mass is 16.4. The molecule has 0 saturated carbocycles. The first-order valence-corrected chi connectivity index (χ1v) is 3.95. The van der Waals surface area contributed by atoms with Gasteiger partial charge in [0.2, 0.25) is 0 Å². The van der Waals surface area contributed by atoms with Gasteiger partial charge in [-0.25, -0.2) is 0 Å². The maximum Gasteiger partial charge on any atom is 0.0737 e. The van der Waals surface area contributed by atoms with Gasteiger partial charge in [-0.3, -0.25) is 0 Å². The van der Waals surface area contributed by atoms with Crippen molar-refractivity contribution in [2.24, 2.45) is 5.16 Å². The first kappa shape index (κ1) is 9.32. The number of nitrogen functional groups attached to an aromatic ring is 1. The van der Waals surface area contributed by atoms with Gasteiger partial charge in [0.1, 0.15) is 0 Å². The molecule has 3 nitrogen and oxygen atoms in total. The van der Waals surface area contributed by atoms with Gasteiger partial charge in [-0.15, -0.1) is 6.58 Å². The Balaban J connectivity index is 3.16. The van der Waals surface area contributed by atoms with Crippen molar-refractivity contribution >= 4 is 11.9 Å². The maximum absolute atomic E-state index is 8.41. The number of allylic oxidation sites excluding steroid dienone is 1. The smallest absolute Gasteiger partial charge is 0.0737 e. The van der Waals surface area contributed by atoms with Crippen LogP contribution in [0.25, 0.3) is 0 Å². The molecule has 1 rings (SSSR count). The standard InChI is InChI=1S/C10H12N2O/c1-2-4-9-8(7-12-13)5-3-6-10(9)11/h2-3,5-7,13H,1,4,11H2. The minimum atomic E-state index is 0.675. The van der Waals surface area contributed by atoms with E-state index >= 15 is 0 Å². The number of benzene rings is 1. The normalized spacial score (nSPS) is 10.5. The molecule has 0 aliphatic carbocycles. The molecule has 3 heteroatoms. The molecule has 0 unspecified atom stereocenters. The average Bonchev–Trinajstić information content (AvgIpc) is 2.11. The summed E-state index contributed by atoms with van der Waals surface area (Å²) >= 11 is 0. The summed E-state index contributed by atoms with van der Waals surface area (Å²) in [5.74, 6) is 0. The van der Waals surface area contributed by atoms with E-state index < -0.39 is 0 Å². The summed E-state index contributed by atoms with van der Waals surface area (Å²) in [6.45, 7) is 3.64. The Bertz CT molecular complexity index is 332. The van der Waals surface area contributed by atoms with Crippen LogP contribution in [0.4, 0.5) is 5.69 Å². The Morgan fingerprint density at radius 1 is 1.54 bits per heavy atom. The van der Waals surface area contributed by atoms with E-state index in [2.05, 4.69) is 11.7 Å². The van der Waals surface area contributed by atoms with E-state index in [4.69, 9.17) is 10.9 Å². The Morgan fingerprint density at radius 3 is 2.92 bits per heavy atom. The summed E-state index contributed by atoms with van der Waals surface area (Å²) in [6, 6.07) is 5.47. The van der Waals surface area contributed by atoms with Crippen LogP contribution in [-0.2, 0) is 6.42 Å². The van der Waals surface area contributed by atoms with Crippen LogP contribution < -0.4 is 5.73 Å². The topological polar surface area (TPSA) is 58.6 Å². The first-order valence-electron chi connectivity index (χ1n) is 3.95. The van der Waals surface area contributed by atoms with Crippen LogP contribution >= 0.6 is 0 Å². The lowest BCUT2D eigenvalue weighted by atomic mass is 10.0. The highest BCUT2D eigenvalue weighted by Gasteiger charge is 2.01.